The lowest BCUT2D eigenvalue weighted by Gasteiger charge is -2.35. The van der Waals surface area contributed by atoms with E-state index in [-0.39, 0.29) is 24.8 Å². The van der Waals surface area contributed by atoms with Gasteiger partial charge in [0.15, 0.2) is 0 Å². The molecule has 120 valence electrons. The highest BCUT2D eigenvalue weighted by atomic mass is 16.4. The van der Waals surface area contributed by atoms with Crippen molar-refractivity contribution in [3.8, 4) is 0 Å². The first-order chi connectivity index (χ1) is 9.79. The van der Waals surface area contributed by atoms with Crippen LogP contribution >= 0.6 is 0 Å². The molecule has 2 amide bonds. The number of nitrogens with zero attached hydrogens (tertiary/aromatic N) is 1. The van der Waals surface area contributed by atoms with E-state index in [0.29, 0.717) is 0 Å². The average molecular weight is 301 g/mol. The third-order valence-corrected chi connectivity index (χ3v) is 3.68. The quantitative estimate of drug-likeness (QED) is 0.546. The summed E-state index contributed by atoms with van der Waals surface area (Å²) in [7, 11) is 2.01. The Balaban J connectivity index is 2.46. The number of carboxylic acids is 2. The van der Waals surface area contributed by atoms with Crippen LogP contribution in [-0.4, -0.2) is 65.3 Å². The van der Waals surface area contributed by atoms with Crippen molar-refractivity contribution in [2.24, 2.45) is 5.92 Å². The van der Waals surface area contributed by atoms with Crippen LogP contribution in [0.1, 0.15) is 26.2 Å². The number of carbonyl (C=O) groups is 3. The lowest BCUT2D eigenvalue weighted by Crippen LogP contribution is -2.54. The maximum Gasteiger partial charge on any atom is 0.326 e. The Morgan fingerprint density at radius 3 is 2.52 bits per heavy atom. The predicted molar refractivity (Wildman–Crippen MR) is 75.0 cm³/mol. The summed E-state index contributed by atoms with van der Waals surface area (Å²) in [5.41, 5.74) is 0. The van der Waals surface area contributed by atoms with Gasteiger partial charge in [0.05, 0.1) is 0 Å². The number of likely N-dealkylation sites (tertiary alicyclic amines) is 1. The summed E-state index contributed by atoms with van der Waals surface area (Å²) in [4.78, 5) is 35.5. The van der Waals surface area contributed by atoms with Gasteiger partial charge in [0, 0.05) is 19.0 Å². The van der Waals surface area contributed by atoms with E-state index in [2.05, 4.69) is 15.5 Å². The molecule has 1 heterocycles. The van der Waals surface area contributed by atoms with E-state index in [1.807, 2.05) is 14.0 Å². The summed E-state index contributed by atoms with van der Waals surface area (Å²) in [5.74, 6) is -2.05. The minimum Gasteiger partial charge on any atom is -0.481 e. The molecule has 8 heteroatoms. The lowest BCUT2D eigenvalue weighted by molar-refractivity contribution is -0.140. The van der Waals surface area contributed by atoms with Gasteiger partial charge in [-0.2, -0.15) is 0 Å². The maximum absolute atomic E-state index is 11.9. The number of aliphatic carboxylic acids is 2. The average Bonchev–Trinajstić information content (AvgIpc) is 2.37. The van der Waals surface area contributed by atoms with Crippen LogP contribution in [0.3, 0.4) is 0 Å². The zero-order valence-electron chi connectivity index (χ0n) is 12.3. The molecule has 0 bridgehead atoms. The minimum absolute atomic E-state index is 0.00452. The summed E-state index contributed by atoms with van der Waals surface area (Å²) in [6.45, 7) is 3.77. The molecule has 1 fully saturated rings. The molecular formula is C13H23N3O5. The first-order valence-electron chi connectivity index (χ1n) is 6.99. The molecular weight excluding hydrogens is 278 g/mol. The molecule has 0 aromatic rings. The Bertz CT molecular complexity index is 401. The number of hydrogen-bond acceptors (Lipinski definition) is 4. The number of hydrogen-bond donors (Lipinski definition) is 4. The van der Waals surface area contributed by atoms with E-state index in [0.717, 1.165) is 19.5 Å². The predicted octanol–water partition coefficient (Wildman–Crippen LogP) is -0.0562. The molecule has 0 radical (unpaired) electrons. The number of carbonyl (C=O) groups excluding carboxylic acids is 1. The highest BCUT2D eigenvalue weighted by Crippen LogP contribution is 2.15. The minimum atomic E-state index is -1.23. The van der Waals surface area contributed by atoms with E-state index in [1.54, 1.807) is 0 Å². The smallest absolute Gasteiger partial charge is 0.326 e. The molecule has 1 rings (SSSR count). The number of amides is 2. The van der Waals surface area contributed by atoms with Crippen LogP contribution in [-0.2, 0) is 9.59 Å². The summed E-state index contributed by atoms with van der Waals surface area (Å²) in [6, 6.07) is -1.76. The van der Waals surface area contributed by atoms with Crippen molar-refractivity contribution in [3.63, 3.8) is 0 Å². The molecule has 4 N–H and O–H groups in total. The van der Waals surface area contributed by atoms with E-state index in [9.17, 15) is 14.4 Å². The summed E-state index contributed by atoms with van der Waals surface area (Å²) >= 11 is 0. The number of urea groups is 1. The number of piperidine rings is 1. The van der Waals surface area contributed by atoms with Crippen LogP contribution in [0.4, 0.5) is 4.79 Å². The molecule has 3 unspecified atom stereocenters. The van der Waals surface area contributed by atoms with Crippen molar-refractivity contribution in [3.05, 3.63) is 0 Å². The largest absolute Gasteiger partial charge is 0.481 e. The van der Waals surface area contributed by atoms with Crippen molar-refractivity contribution >= 4 is 18.0 Å². The van der Waals surface area contributed by atoms with Gasteiger partial charge in [0.1, 0.15) is 6.04 Å². The summed E-state index contributed by atoms with van der Waals surface area (Å²) in [6.07, 6.45) is 0.362. The fourth-order valence-electron chi connectivity index (χ4n) is 2.46. The second kappa shape index (κ2) is 7.82. The van der Waals surface area contributed by atoms with Crippen molar-refractivity contribution in [2.45, 2.75) is 38.3 Å². The molecule has 1 saturated heterocycles. The second-order valence-corrected chi connectivity index (χ2v) is 5.58. The van der Waals surface area contributed by atoms with Gasteiger partial charge in [-0.1, -0.05) is 6.92 Å². The molecule has 1 aliphatic rings. The molecule has 0 aliphatic carbocycles. The van der Waals surface area contributed by atoms with Crippen LogP contribution in [0.5, 0.6) is 0 Å². The fourth-order valence-corrected chi connectivity index (χ4v) is 2.46. The molecule has 21 heavy (non-hydrogen) atoms. The first kappa shape index (κ1) is 17.2. The Labute approximate surface area is 123 Å². The van der Waals surface area contributed by atoms with Crippen molar-refractivity contribution < 1.29 is 24.6 Å². The van der Waals surface area contributed by atoms with Crippen LogP contribution in [0.2, 0.25) is 0 Å². The lowest BCUT2D eigenvalue weighted by atomic mass is 9.94. The van der Waals surface area contributed by atoms with Gasteiger partial charge < -0.3 is 25.7 Å². The fraction of sp³-hybridized carbons (Fsp3) is 0.769. The van der Waals surface area contributed by atoms with Crippen LogP contribution in [0.25, 0.3) is 0 Å². The van der Waals surface area contributed by atoms with Crippen LogP contribution < -0.4 is 10.6 Å². The van der Waals surface area contributed by atoms with E-state index in [1.165, 1.54) is 0 Å². The Morgan fingerprint density at radius 2 is 2.00 bits per heavy atom. The van der Waals surface area contributed by atoms with E-state index >= 15 is 0 Å². The number of nitrogens with one attached hydrogen (secondary N) is 2. The van der Waals surface area contributed by atoms with Gasteiger partial charge in [-0.3, -0.25) is 4.79 Å². The van der Waals surface area contributed by atoms with Gasteiger partial charge in [-0.05, 0) is 32.4 Å². The SMILES string of the molecule is CC1CN(C)CCC1NC(=O)NC(CCC(=O)O)C(=O)O. The van der Waals surface area contributed by atoms with Crippen LogP contribution in [0.15, 0.2) is 0 Å². The van der Waals surface area contributed by atoms with Gasteiger partial charge in [-0.25, -0.2) is 9.59 Å². The highest BCUT2D eigenvalue weighted by molar-refractivity contribution is 5.83. The van der Waals surface area contributed by atoms with Gasteiger partial charge in [0.2, 0.25) is 0 Å². The van der Waals surface area contributed by atoms with Crippen LogP contribution in [0, 0.1) is 5.92 Å². The molecule has 3 atom stereocenters. The van der Waals surface area contributed by atoms with E-state index in [4.69, 9.17) is 10.2 Å². The third kappa shape index (κ3) is 5.99. The molecule has 0 saturated carbocycles. The molecule has 0 aromatic heterocycles. The summed E-state index contributed by atoms with van der Waals surface area (Å²) < 4.78 is 0. The topological polar surface area (TPSA) is 119 Å². The number of carboxylic acid groups (broad SMARTS) is 2. The standard InChI is InChI=1S/C13H23N3O5/c1-8-7-16(2)6-5-9(8)14-13(21)15-10(12(19)20)3-4-11(17)18/h8-10H,3-7H2,1-2H3,(H,17,18)(H,19,20)(H2,14,15,21). The van der Waals surface area contributed by atoms with Gasteiger partial charge in [0.25, 0.3) is 0 Å². The zero-order valence-corrected chi connectivity index (χ0v) is 12.3. The zero-order chi connectivity index (χ0) is 16.0. The van der Waals surface area contributed by atoms with E-state index < -0.39 is 24.0 Å². The van der Waals surface area contributed by atoms with Crippen molar-refractivity contribution in [1.82, 2.24) is 15.5 Å². The summed E-state index contributed by atoms with van der Waals surface area (Å²) in [5, 5.41) is 22.7. The molecule has 0 spiro atoms. The van der Waals surface area contributed by atoms with Gasteiger partial charge in [-0.15, -0.1) is 0 Å². The third-order valence-electron chi connectivity index (χ3n) is 3.68. The normalized spacial score (nSPS) is 24.1. The molecule has 1 aliphatic heterocycles. The second-order valence-electron chi connectivity index (χ2n) is 5.58. The monoisotopic (exact) mass is 301 g/mol. The highest BCUT2D eigenvalue weighted by Gasteiger charge is 2.27. The maximum atomic E-state index is 11.9. The van der Waals surface area contributed by atoms with Crippen molar-refractivity contribution in [2.75, 3.05) is 20.1 Å². The van der Waals surface area contributed by atoms with Gasteiger partial charge >= 0.3 is 18.0 Å². The Kier molecular flexibility index (Phi) is 6.41. The van der Waals surface area contributed by atoms with Crippen molar-refractivity contribution in [1.29, 1.82) is 0 Å². The Hall–Kier alpha value is -1.83. The molecule has 8 nitrogen and oxygen atoms in total. The number of rotatable bonds is 6. The first-order valence-corrected chi connectivity index (χ1v) is 6.99. The molecule has 0 aromatic carbocycles. The Morgan fingerprint density at radius 1 is 1.33 bits per heavy atom.